The first-order valence-electron chi connectivity index (χ1n) is 6.17. The molecular formula is C15H13Cl2F2N. The molecule has 0 aliphatic rings. The quantitative estimate of drug-likeness (QED) is 0.748. The van der Waals surface area contributed by atoms with Crippen molar-refractivity contribution in [3.8, 4) is 0 Å². The van der Waals surface area contributed by atoms with Gasteiger partial charge in [0.15, 0.2) is 0 Å². The van der Waals surface area contributed by atoms with Crippen LogP contribution in [0.1, 0.15) is 24.9 Å². The maximum atomic E-state index is 13.3. The fourth-order valence-corrected chi connectivity index (χ4v) is 2.57. The van der Waals surface area contributed by atoms with Crippen LogP contribution in [0.5, 0.6) is 0 Å². The van der Waals surface area contributed by atoms with Gasteiger partial charge < -0.3 is 5.32 Å². The van der Waals surface area contributed by atoms with E-state index >= 15 is 0 Å². The predicted octanol–water partition coefficient (Wildman–Crippen LogP) is 5.83. The van der Waals surface area contributed by atoms with Gasteiger partial charge in [0.05, 0.1) is 21.8 Å². The van der Waals surface area contributed by atoms with Gasteiger partial charge in [-0.2, -0.15) is 0 Å². The van der Waals surface area contributed by atoms with Crippen LogP contribution in [0.3, 0.4) is 0 Å². The first kappa shape index (κ1) is 15.1. The Morgan fingerprint density at radius 3 is 2.25 bits per heavy atom. The van der Waals surface area contributed by atoms with Crippen LogP contribution in [0.4, 0.5) is 14.5 Å². The lowest BCUT2D eigenvalue weighted by atomic mass is 10.0. The summed E-state index contributed by atoms with van der Waals surface area (Å²) in [5.41, 5.74) is 1.23. The molecule has 2 aromatic rings. The summed E-state index contributed by atoms with van der Waals surface area (Å²) < 4.78 is 26.4. The third-order valence-corrected chi connectivity index (χ3v) is 3.58. The minimum Gasteiger partial charge on any atom is -0.376 e. The first-order valence-corrected chi connectivity index (χ1v) is 6.93. The summed E-state index contributed by atoms with van der Waals surface area (Å²) in [4.78, 5) is 0. The highest BCUT2D eigenvalue weighted by molar-refractivity contribution is 6.39. The molecule has 0 radical (unpaired) electrons. The van der Waals surface area contributed by atoms with Crippen molar-refractivity contribution in [1.82, 2.24) is 0 Å². The highest BCUT2D eigenvalue weighted by Gasteiger charge is 2.15. The largest absolute Gasteiger partial charge is 0.376 e. The van der Waals surface area contributed by atoms with E-state index in [-0.39, 0.29) is 21.9 Å². The molecule has 0 aliphatic heterocycles. The first-order chi connectivity index (χ1) is 9.51. The van der Waals surface area contributed by atoms with Gasteiger partial charge in [-0.25, -0.2) is 8.78 Å². The van der Waals surface area contributed by atoms with E-state index in [4.69, 9.17) is 23.2 Å². The second-order valence-electron chi connectivity index (χ2n) is 4.40. The van der Waals surface area contributed by atoms with E-state index in [1.165, 1.54) is 24.3 Å². The van der Waals surface area contributed by atoms with Crippen molar-refractivity contribution in [2.24, 2.45) is 0 Å². The van der Waals surface area contributed by atoms with Crippen LogP contribution in [0.25, 0.3) is 0 Å². The molecule has 1 unspecified atom stereocenters. The minimum absolute atomic E-state index is 0.161. The summed E-state index contributed by atoms with van der Waals surface area (Å²) in [7, 11) is 0. The predicted molar refractivity (Wildman–Crippen MR) is 79.5 cm³/mol. The van der Waals surface area contributed by atoms with E-state index in [0.717, 1.165) is 5.56 Å². The number of benzene rings is 2. The number of hydrogen-bond donors (Lipinski definition) is 1. The topological polar surface area (TPSA) is 12.0 Å². The van der Waals surface area contributed by atoms with E-state index in [0.29, 0.717) is 12.1 Å². The minimum atomic E-state index is -0.496. The number of rotatable bonds is 4. The summed E-state index contributed by atoms with van der Waals surface area (Å²) in [6.45, 7) is 1.95. The molecule has 1 nitrogen and oxygen atoms in total. The van der Waals surface area contributed by atoms with Crippen molar-refractivity contribution in [3.63, 3.8) is 0 Å². The van der Waals surface area contributed by atoms with Crippen LogP contribution >= 0.6 is 23.2 Å². The molecule has 0 aliphatic carbocycles. The van der Waals surface area contributed by atoms with Gasteiger partial charge in [0.25, 0.3) is 0 Å². The summed E-state index contributed by atoms with van der Waals surface area (Å²) in [5, 5.41) is 3.54. The van der Waals surface area contributed by atoms with Crippen molar-refractivity contribution in [1.29, 1.82) is 0 Å². The van der Waals surface area contributed by atoms with Gasteiger partial charge in [0.2, 0.25) is 0 Å². The van der Waals surface area contributed by atoms with Gasteiger partial charge in [-0.15, -0.1) is 0 Å². The molecule has 2 aromatic carbocycles. The van der Waals surface area contributed by atoms with Crippen molar-refractivity contribution < 1.29 is 8.78 Å². The molecule has 20 heavy (non-hydrogen) atoms. The number of halogens is 4. The molecule has 0 bridgehead atoms. The molecule has 0 spiro atoms. The lowest BCUT2D eigenvalue weighted by Crippen LogP contribution is -2.10. The molecular weight excluding hydrogens is 303 g/mol. The van der Waals surface area contributed by atoms with Crippen LogP contribution in [0, 0.1) is 11.6 Å². The molecule has 1 N–H and O–H groups in total. The molecule has 0 heterocycles. The molecule has 0 fully saturated rings. The summed E-state index contributed by atoms with van der Waals surface area (Å²) in [5.74, 6) is -0.802. The van der Waals surface area contributed by atoms with Gasteiger partial charge in [0.1, 0.15) is 11.6 Å². The maximum Gasteiger partial charge on any atom is 0.126 e. The molecule has 2 rings (SSSR count). The third kappa shape index (κ3) is 3.41. The van der Waals surface area contributed by atoms with Crippen LogP contribution in [-0.4, -0.2) is 0 Å². The van der Waals surface area contributed by atoms with Gasteiger partial charge in [-0.05, 0) is 36.2 Å². The lowest BCUT2D eigenvalue weighted by molar-refractivity contribution is 0.620. The van der Waals surface area contributed by atoms with Gasteiger partial charge in [0, 0.05) is 0 Å². The zero-order chi connectivity index (χ0) is 14.7. The number of anilines is 1. The third-order valence-electron chi connectivity index (χ3n) is 2.98. The van der Waals surface area contributed by atoms with Crippen molar-refractivity contribution in [2.75, 3.05) is 5.32 Å². The standard InChI is InChI=1S/C15H13Cl2F2N/c1-2-14(9-4-3-5-10(18)6-9)20-15-12(16)7-11(19)8-13(15)17/h3-8,14,20H,2H2,1H3. The van der Waals surface area contributed by atoms with Crippen molar-refractivity contribution in [2.45, 2.75) is 19.4 Å². The Morgan fingerprint density at radius 2 is 1.70 bits per heavy atom. The van der Waals surface area contributed by atoms with E-state index < -0.39 is 5.82 Å². The van der Waals surface area contributed by atoms with Crippen LogP contribution in [-0.2, 0) is 0 Å². The molecule has 1 atom stereocenters. The Balaban J connectivity index is 2.32. The lowest BCUT2D eigenvalue weighted by Gasteiger charge is -2.20. The molecule has 0 aromatic heterocycles. The SMILES string of the molecule is CCC(Nc1c(Cl)cc(F)cc1Cl)c1cccc(F)c1. The Kier molecular flexibility index (Phi) is 4.84. The van der Waals surface area contributed by atoms with Crippen molar-refractivity contribution in [3.05, 3.63) is 63.6 Å². The molecule has 0 saturated carbocycles. The van der Waals surface area contributed by atoms with E-state index in [9.17, 15) is 8.78 Å². The van der Waals surface area contributed by atoms with E-state index in [1.807, 2.05) is 13.0 Å². The Bertz CT molecular complexity index is 594. The number of hydrogen-bond acceptors (Lipinski definition) is 1. The van der Waals surface area contributed by atoms with Crippen LogP contribution < -0.4 is 5.32 Å². The van der Waals surface area contributed by atoms with Crippen LogP contribution in [0.15, 0.2) is 36.4 Å². The van der Waals surface area contributed by atoms with E-state index in [1.54, 1.807) is 6.07 Å². The highest BCUT2D eigenvalue weighted by Crippen LogP contribution is 2.35. The average molecular weight is 316 g/mol. The van der Waals surface area contributed by atoms with Gasteiger partial charge >= 0.3 is 0 Å². The smallest absolute Gasteiger partial charge is 0.126 e. The van der Waals surface area contributed by atoms with E-state index in [2.05, 4.69) is 5.32 Å². The second kappa shape index (κ2) is 6.42. The Morgan fingerprint density at radius 1 is 1.05 bits per heavy atom. The van der Waals surface area contributed by atoms with Gasteiger partial charge in [-0.1, -0.05) is 42.3 Å². The average Bonchev–Trinajstić information content (AvgIpc) is 2.38. The Labute approximate surface area is 126 Å². The number of nitrogens with one attached hydrogen (secondary N) is 1. The Hall–Kier alpha value is -1.32. The molecule has 0 amide bonds. The zero-order valence-corrected chi connectivity index (χ0v) is 12.3. The summed E-state index contributed by atoms with van der Waals surface area (Å²) in [6, 6.07) is 8.51. The fraction of sp³-hybridized carbons (Fsp3) is 0.200. The van der Waals surface area contributed by atoms with Gasteiger partial charge in [-0.3, -0.25) is 0 Å². The molecule has 106 valence electrons. The monoisotopic (exact) mass is 315 g/mol. The van der Waals surface area contributed by atoms with Crippen molar-refractivity contribution >= 4 is 28.9 Å². The summed E-state index contributed by atoms with van der Waals surface area (Å²) >= 11 is 12.0. The fourth-order valence-electron chi connectivity index (χ4n) is 2.00. The second-order valence-corrected chi connectivity index (χ2v) is 5.22. The molecule has 0 saturated heterocycles. The summed E-state index contributed by atoms with van der Waals surface area (Å²) in [6.07, 6.45) is 0.702. The normalized spacial score (nSPS) is 12.2. The van der Waals surface area contributed by atoms with Crippen LogP contribution in [0.2, 0.25) is 10.0 Å². The zero-order valence-electron chi connectivity index (χ0n) is 10.8. The maximum absolute atomic E-state index is 13.3. The molecule has 5 heteroatoms. The highest BCUT2D eigenvalue weighted by atomic mass is 35.5.